The number of urea groups is 1. The van der Waals surface area contributed by atoms with Gasteiger partial charge in [-0.15, -0.1) is 11.3 Å². The average molecular weight is 448 g/mol. The molecule has 4 rings (SSSR count). The summed E-state index contributed by atoms with van der Waals surface area (Å²) in [5.74, 6) is -2.86. The van der Waals surface area contributed by atoms with Gasteiger partial charge in [0.15, 0.2) is 16.8 Å². The molecule has 10 heteroatoms. The molecule has 2 heterocycles. The molecule has 0 bridgehead atoms. The minimum absolute atomic E-state index is 0.00559. The Kier molecular flexibility index (Phi) is 5.50. The largest absolute Gasteiger partial charge is 0.325 e. The summed E-state index contributed by atoms with van der Waals surface area (Å²) in [6.07, 6.45) is 3.27. The van der Waals surface area contributed by atoms with E-state index in [0.717, 1.165) is 36.3 Å². The summed E-state index contributed by atoms with van der Waals surface area (Å²) < 4.78 is 26.7. The molecule has 0 radical (unpaired) electrons. The number of anilines is 1. The van der Waals surface area contributed by atoms with Gasteiger partial charge in [-0.2, -0.15) is 0 Å². The van der Waals surface area contributed by atoms with Gasteiger partial charge in [0.1, 0.15) is 12.1 Å². The molecular formula is C21H22F2N4O3S. The minimum atomic E-state index is -0.986. The third-order valence-corrected chi connectivity index (χ3v) is 6.93. The van der Waals surface area contributed by atoms with E-state index in [2.05, 4.69) is 15.6 Å². The lowest BCUT2D eigenvalue weighted by molar-refractivity contribution is -0.136. The van der Waals surface area contributed by atoms with Crippen molar-refractivity contribution in [1.29, 1.82) is 0 Å². The van der Waals surface area contributed by atoms with Crippen molar-refractivity contribution >= 4 is 34.3 Å². The summed E-state index contributed by atoms with van der Waals surface area (Å²) in [6.45, 7) is 3.27. The first-order chi connectivity index (χ1) is 14.7. The number of hydrogen-bond donors (Lipinski definition) is 2. The summed E-state index contributed by atoms with van der Waals surface area (Å²) >= 11 is 1.17. The number of nitrogens with zero attached hydrogens (tertiary/aromatic N) is 2. The third kappa shape index (κ3) is 3.80. The number of amides is 4. The number of imide groups is 1. The number of rotatable bonds is 4. The highest BCUT2D eigenvalue weighted by Crippen LogP contribution is 2.38. The van der Waals surface area contributed by atoms with E-state index in [-0.39, 0.29) is 17.0 Å². The first-order valence-corrected chi connectivity index (χ1v) is 10.9. The lowest BCUT2D eigenvalue weighted by Gasteiger charge is -2.36. The fourth-order valence-electron chi connectivity index (χ4n) is 4.30. The highest BCUT2D eigenvalue weighted by molar-refractivity contribution is 7.16. The maximum absolute atomic E-state index is 13.5. The summed E-state index contributed by atoms with van der Waals surface area (Å²) in [5, 5.41) is 5.65. The van der Waals surface area contributed by atoms with E-state index in [9.17, 15) is 23.2 Å². The predicted octanol–water partition coefficient (Wildman–Crippen LogP) is 3.84. The molecular weight excluding hydrogens is 426 g/mol. The summed E-state index contributed by atoms with van der Waals surface area (Å²) in [7, 11) is 0. The van der Waals surface area contributed by atoms with Crippen LogP contribution in [0.4, 0.5) is 18.7 Å². The topological polar surface area (TPSA) is 91.4 Å². The van der Waals surface area contributed by atoms with E-state index >= 15 is 0 Å². The summed E-state index contributed by atoms with van der Waals surface area (Å²) in [5.41, 5.74) is -0.118. The van der Waals surface area contributed by atoms with Crippen LogP contribution in [0.3, 0.4) is 0 Å². The van der Waals surface area contributed by atoms with Crippen molar-refractivity contribution in [3.05, 3.63) is 34.7 Å². The van der Waals surface area contributed by atoms with Crippen molar-refractivity contribution in [2.75, 3.05) is 11.9 Å². The zero-order valence-electron chi connectivity index (χ0n) is 17.1. The number of aryl methyl sites for hydroxylation is 1. The number of thiazole rings is 1. The Balaban J connectivity index is 1.46. The molecule has 1 saturated heterocycles. The van der Waals surface area contributed by atoms with Crippen molar-refractivity contribution in [2.24, 2.45) is 5.92 Å². The van der Waals surface area contributed by atoms with Crippen LogP contribution in [0.25, 0.3) is 11.3 Å². The van der Waals surface area contributed by atoms with Crippen molar-refractivity contribution in [1.82, 2.24) is 15.2 Å². The second-order valence-electron chi connectivity index (χ2n) is 8.04. The van der Waals surface area contributed by atoms with Crippen molar-refractivity contribution in [2.45, 2.75) is 45.1 Å². The lowest BCUT2D eigenvalue weighted by Crippen LogP contribution is -2.54. The van der Waals surface area contributed by atoms with Gasteiger partial charge in [0.25, 0.3) is 5.91 Å². The smallest absolute Gasteiger partial charge is 0.323 e. The van der Waals surface area contributed by atoms with Gasteiger partial charge >= 0.3 is 6.03 Å². The van der Waals surface area contributed by atoms with Gasteiger partial charge in [-0.1, -0.05) is 19.8 Å². The second-order valence-corrected chi connectivity index (χ2v) is 9.24. The van der Waals surface area contributed by atoms with Crippen LogP contribution < -0.4 is 10.6 Å². The molecule has 2 atom stereocenters. The van der Waals surface area contributed by atoms with Gasteiger partial charge in [-0.25, -0.2) is 18.6 Å². The molecule has 1 aromatic heterocycles. The van der Waals surface area contributed by atoms with Crippen LogP contribution in [-0.2, 0) is 9.59 Å². The molecule has 31 heavy (non-hydrogen) atoms. The highest BCUT2D eigenvalue weighted by atomic mass is 32.1. The van der Waals surface area contributed by atoms with E-state index < -0.39 is 35.7 Å². The first-order valence-electron chi connectivity index (χ1n) is 10.1. The summed E-state index contributed by atoms with van der Waals surface area (Å²) in [6, 6.07) is 2.90. The van der Waals surface area contributed by atoms with E-state index in [1.165, 1.54) is 17.4 Å². The van der Waals surface area contributed by atoms with Gasteiger partial charge in [-0.3, -0.25) is 14.5 Å². The number of nitrogens with one attached hydrogen (secondary N) is 2. The standard InChI is InChI=1S/C21H22F2N4O3S/c1-11-5-3-4-8-21(11)18(29)27(20(30)26-21)10-16(28)24-19-25-17(12(2)31-19)13-6-7-14(22)15(23)9-13/h6-7,9,11H,3-5,8,10H2,1-2H3,(H,26,30)(H,24,25,28). The molecule has 4 amide bonds. The van der Waals surface area contributed by atoms with Gasteiger partial charge in [-0.05, 0) is 43.9 Å². The van der Waals surface area contributed by atoms with E-state index in [1.807, 2.05) is 6.92 Å². The maximum Gasteiger partial charge on any atom is 0.325 e. The molecule has 2 fully saturated rings. The Morgan fingerprint density at radius 1 is 1.32 bits per heavy atom. The fourth-order valence-corrected chi connectivity index (χ4v) is 5.15. The third-order valence-electron chi connectivity index (χ3n) is 6.04. The molecule has 2 unspecified atom stereocenters. The lowest BCUT2D eigenvalue weighted by atomic mass is 9.73. The van der Waals surface area contributed by atoms with Crippen LogP contribution in [-0.4, -0.2) is 39.8 Å². The van der Waals surface area contributed by atoms with Crippen LogP contribution in [0.15, 0.2) is 18.2 Å². The fraction of sp³-hybridized carbons (Fsp3) is 0.429. The normalized spacial score (nSPS) is 23.4. The number of carbonyl (C=O) groups excluding carboxylic acids is 3. The van der Waals surface area contributed by atoms with Crippen LogP contribution >= 0.6 is 11.3 Å². The Hall–Kier alpha value is -2.88. The molecule has 2 aliphatic rings. The zero-order valence-corrected chi connectivity index (χ0v) is 17.9. The molecule has 7 nitrogen and oxygen atoms in total. The van der Waals surface area contributed by atoms with Crippen molar-refractivity contribution in [3.63, 3.8) is 0 Å². The molecule has 1 aliphatic carbocycles. The Morgan fingerprint density at radius 3 is 2.81 bits per heavy atom. The van der Waals surface area contributed by atoms with Gasteiger partial charge in [0.05, 0.1) is 5.69 Å². The molecule has 1 spiro atoms. The average Bonchev–Trinajstić information content (AvgIpc) is 3.19. The van der Waals surface area contributed by atoms with Gasteiger partial charge in [0, 0.05) is 10.4 Å². The molecule has 1 aliphatic heterocycles. The molecule has 2 aromatic rings. The van der Waals surface area contributed by atoms with Gasteiger partial charge in [0.2, 0.25) is 5.91 Å². The molecule has 164 valence electrons. The second kappa shape index (κ2) is 7.99. The Bertz CT molecular complexity index is 1070. The SMILES string of the molecule is Cc1sc(NC(=O)CN2C(=O)NC3(CCCCC3C)C2=O)nc1-c1ccc(F)c(F)c1. The monoisotopic (exact) mass is 448 g/mol. The quantitative estimate of drug-likeness (QED) is 0.696. The van der Waals surface area contributed by atoms with Crippen LogP contribution in [0.2, 0.25) is 0 Å². The molecule has 1 aromatic carbocycles. The zero-order chi connectivity index (χ0) is 22.3. The number of benzene rings is 1. The summed E-state index contributed by atoms with van der Waals surface area (Å²) in [4.78, 5) is 43.9. The minimum Gasteiger partial charge on any atom is -0.323 e. The van der Waals surface area contributed by atoms with Crippen LogP contribution in [0, 0.1) is 24.5 Å². The number of carbonyl (C=O) groups is 3. The van der Waals surface area contributed by atoms with Crippen molar-refractivity contribution < 1.29 is 23.2 Å². The van der Waals surface area contributed by atoms with Crippen LogP contribution in [0.5, 0.6) is 0 Å². The Labute approximate surface area is 181 Å². The first kappa shape index (κ1) is 21.4. The molecule has 1 saturated carbocycles. The van der Waals surface area contributed by atoms with Crippen molar-refractivity contribution in [3.8, 4) is 11.3 Å². The van der Waals surface area contributed by atoms with Gasteiger partial charge < -0.3 is 10.6 Å². The predicted molar refractivity (Wildman–Crippen MR) is 111 cm³/mol. The van der Waals surface area contributed by atoms with E-state index in [0.29, 0.717) is 22.6 Å². The number of halogens is 2. The van der Waals surface area contributed by atoms with E-state index in [1.54, 1.807) is 6.92 Å². The Morgan fingerprint density at radius 2 is 2.10 bits per heavy atom. The number of aromatic nitrogens is 1. The number of hydrogen-bond acceptors (Lipinski definition) is 5. The highest BCUT2D eigenvalue weighted by Gasteiger charge is 2.55. The van der Waals surface area contributed by atoms with Crippen LogP contribution in [0.1, 0.15) is 37.5 Å². The molecule has 2 N–H and O–H groups in total. The van der Waals surface area contributed by atoms with E-state index in [4.69, 9.17) is 0 Å². The maximum atomic E-state index is 13.5.